The summed E-state index contributed by atoms with van der Waals surface area (Å²) in [6.45, 7) is 13.3. The number of hydrogen-bond acceptors (Lipinski definition) is 3. The van der Waals surface area contributed by atoms with Crippen molar-refractivity contribution in [1.29, 1.82) is 0 Å². The minimum absolute atomic E-state index is 0.0547. The molecule has 0 bridgehead atoms. The van der Waals surface area contributed by atoms with E-state index in [1.807, 2.05) is 69.3 Å². The largest absolute Gasteiger partial charge is 0.484 e. The zero-order valence-corrected chi connectivity index (χ0v) is 20.4. The average molecular weight is 439 g/mol. The van der Waals surface area contributed by atoms with Crippen LogP contribution in [0.1, 0.15) is 64.2 Å². The fraction of sp³-hybridized carbons (Fsp3) is 0.481. The van der Waals surface area contributed by atoms with Crippen LogP contribution in [0.15, 0.2) is 48.5 Å². The molecule has 5 heteroatoms. The molecule has 0 heterocycles. The highest BCUT2D eigenvalue weighted by atomic mass is 16.5. The lowest BCUT2D eigenvalue weighted by Gasteiger charge is -2.30. The highest BCUT2D eigenvalue weighted by Gasteiger charge is 2.28. The van der Waals surface area contributed by atoms with Crippen molar-refractivity contribution in [3.8, 4) is 5.75 Å². The summed E-state index contributed by atoms with van der Waals surface area (Å²) in [6.07, 6.45) is 1.38. The molecule has 0 saturated carbocycles. The van der Waals surface area contributed by atoms with Crippen molar-refractivity contribution in [3.63, 3.8) is 0 Å². The van der Waals surface area contributed by atoms with Crippen LogP contribution >= 0.6 is 0 Å². The normalized spacial score (nSPS) is 12.2. The van der Waals surface area contributed by atoms with Crippen LogP contribution < -0.4 is 10.1 Å². The van der Waals surface area contributed by atoms with Crippen molar-refractivity contribution in [1.82, 2.24) is 10.2 Å². The quantitative estimate of drug-likeness (QED) is 0.568. The fourth-order valence-corrected chi connectivity index (χ4v) is 3.57. The van der Waals surface area contributed by atoms with Crippen molar-refractivity contribution in [3.05, 3.63) is 65.2 Å². The van der Waals surface area contributed by atoms with E-state index in [4.69, 9.17) is 4.74 Å². The lowest BCUT2D eigenvalue weighted by molar-refractivity contribution is -0.143. The van der Waals surface area contributed by atoms with Crippen molar-refractivity contribution in [2.75, 3.05) is 13.2 Å². The van der Waals surface area contributed by atoms with Gasteiger partial charge in [0, 0.05) is 13.1 Å². The average Bonchev–Trinajstić information content (AvgIpc) is 2.75. The number of benzene rings is 2. The third-order valence-corrected chi connectivity index (χ3v) is 5.45. The molecule has 5 nitrogen and oxygen atoms in total. The Labute approximate surface area is 193 Å². The van der Waals surface area contributed by atoms with Crippen LogP contribution in [-0.4, -0.2) is 35.9 Å². The molecule has 1 N–H and O–H groups in total. The Hall–Kier alpha value is -2.82. The molecule has 2 aromatic carbocycles. The van der Waals surface area contributed by atoms with E-state index in [1.54, 1.807) is 4.90 Å². The summed E-state index contributed by atoms with van der Waals surface area (Å²) in [5, 5.41) is 2.94. The number of ether oxygens (including phenoxy) is 1. The summed E-state index contributed by atoms with van der Waals surface area (Å²) < 4.78 is 5.81. The van der Waals surface area contributed by atoms with Crippen LogP contribution in [-0.2, 0) is 21.5 Å². The maximum absolute atomic E-state index is 13.2. The molecule has 1 atom stereocenters. The van der Waals surface area contributed by atoms with E-state index in [0.717, 1.165) is 17.5 Å². The first-order chi connectivity index (χ1) is 15.2. The van der Waals surface area contributed by atoms with Gasteiger partial charge in [-0.2, -0.15) is 0 Å². The van der Waals surface area contributed by atoms with Crippen molar-refractivity contribution < 1.29 is 14.3 Å². The van der Waals surface area contributed by atoms with Crippen LogP contribution in [0.2, 0.25) is 0 Å². The summed E-state index contributed by atoms with van der Waals surface area (Å²) in [7, 11) is 0. The number of aryl methyl sites for hydroxylation is 1. The van der Waals surface area contributed by atoms with Crippen molar-refractivity contribution in [2.45, 2.75) is 72.4 Å². The van der Waals surface area contributed by atoms with Crippen LogP contribution in [0.3, 0.4) is 0 Å². The third-order valence-electron chi connectivity index (χ3n) is 5.45. The van der Waals surface area contributed by atoms with Gasteiger partial charge in [0.15, 0.2) is 6.61 Å². The topological polar surface area (TPSA) is 58.6 Å². The predicted molar refractivity (Wildman–Crippen MR) is 130 cm³/mol. The minimum atomic E-state index is -0.540. The lowest BCUT2D eigenvalue weighted by Crippen LogP contribution is -2.50. The van der Waals surface area contributed by atoms with E-state index in [0.29, 0.717) is 25.3 Å². The van der Waals surface area contributed by atoms with Crippen molar-refractivity contribution >= 4 is 11.8 Å². The second kappa shape index (κ2) is 11.7. The number of amides is 2. The molecule has 2 amide bonds. The number of rotatable bonds is 10. The zero-order valence-electron chi connectivity index (χ0n) is 20.4. The molecular weight excluding hydrogens is 400 g/mol. The van der Waals surface area contributed by atoms with Gasteiger partial charge in [-0.3, -0.25) is 9.59 Å². The number of carbonyl (C=O) groups excluding carboxylic acids is 2. The Morgan fingerprint density at radius 3 is 2.31 bits per heavy atom. The molecule has 0 radical (unpaired) electrons. The third kappa shape index (κ3) is 7.40. The van der Waals surface area contributed by atoms with Crippen LogP contribution in [0.5, 0.6) is 5.75 Å². The van der Waals surface area contributed by atoms with E-state index < -0.39 is 6.04 Å². The molecule has 0 aliphatic rings. The first-order valence-electron chi connectivity index (χ1n) is 11.5. The second-order valence-corrected chi connectivity index (χ2v) is 9.29. The Morgan fingerprint density at radius 1 is 1.06 bits per heavy atom. The molecule has 0 aromatic heterocycles. The van der Waals surface area contributed by atoms with Gasteiger partial charge < -0.3 is 15.0 Å². The molecule has 0 spiro atoms. The molecule has 0 aliphatic heterocycles. The fourth-order valence-electron chi connectivity index (χ4n) is 3.57. The zero-order chi connectivity index (χ0) is 23.7. The molecule has 0 fully saturated rings. The van der Waals surface area contributed by atoms with E-state index in [2.05, 4.69) is 26.1 Å². The molecule has 174 valence electrons. The van der Waals surface area contributed by atoms with E-state index in [-0.39, 0.29) is 23.8 Å². The summed E-state index contributed by atoms with van der Waals surface area (Å²) >= 11 is 0. The Kier molecular flexibility index (Phi) is 9.30. The smallest absolute Gasteiger partial charge is 0.261 e. The highest BCUT2D eigenvalue weighted by molar-refractivity contribution is 5.88. The number of hydrogen-bond donors (Lipinski definition) is 1. The molecule has 0 saturated heterocycles. The molecular formula is C27H38N2O3. The van der Waals surface area contributed by atoms with E-state index in [9.17, 15) is 9.59 Å². The minimum Gasteiger partial charge on any atom is -0.484 e. The Morgan fingerprint density at radius 2 is 1.75 bits per heavy atom. The standard InChI is InChI=1S/C27H38N2O3/c1-7-16-28-26(31)24(8-2)29(18-21-11-9-10-20(3)17-21)25(30)19-32-23-14-12-22(13-15-23)27(4,5)6/h9-15,17,24H,7-8,16,18-19H2,1-6H3,(H,28,31)/t24-/m0/s1. The number of nitrogens with zero attached hydrogens (tertiary/aromatic N) is 1. The monoisotopic (exact) mass is 438 g/mol. The maximum atomic E-state index is 13.2. The SMILES string of the molecule is CCCNC(=O)[C@H](CC)N(Cc1cccc(C)c1)C(=O)COc1ccc(C(C)(C)C)cc1. The molecule has 32 heavy (non-hydrogen) atoms. The first kappa shape index (κ1) is 25.4. The van der Waals surface area contributed by atoms with Gasteiger partial charge in [-0.25, -0.2) is 0 Å². The van der Waals surface area contributed by atoms with Gasteiger partial charge in [0.05, 0.1) is 0 Å². The van der Waals surface area contributed by atoms with Gasteiger partial charge in [0.1, 0.15) is 11.8 Å². The van der Waals surface area contributed by atoms with Gasteiger partial charge in [-0.05, 0) is 48.4 Å². The summed E-state index contributed by atoms with van der Waals surface area (Å²) in [5.41, 5.74) is 3.37. The van der Waals surface area contributed by atoms with Gasteiger partial charge in [-0.15, -0.1) is 0 Å². The van der Waals surface area contributed by atoms with Crippen LogP contribution in [0, 0.1) is 6.92 Å². The van der Waals surface area contributed by atoms with Gasteiger partial charge in [0.25, 0.3) is 5.91 Å². The van der Waals surface area contributed by atoms with Crippen LogP contribution in [0.4, 0.5) is 0 Å². The van der Waals surface area contributed by atoms with Gasteiger partial charge >= 0.3 is 0 Å². The van der Waals surface area contributed by atoms with Crippen LogP contribution in [0.25, 0.3) is 0 Å². The molecule has 0 unspecified atom stereocenters. The summed E-state index contributed by atoms with van der Waals surface area (Å²) in [4.78, 5) is 27.7. The predicted octanol–water partition coefficient (Wildman–Crippen LogP) is 5.00. The molecule has 0 aliphatic carbocycles. The van der Waals surface area contributed by atoms with E-state index >= 15 is 0 Å². The summed E-state index contributed by atoms with van der Waals surface area (Å²) in [6, 6.07) is 15.3. The first-order valence-corrected chi connectivity index (χ1v) is 11.5. The Balaban J connectivity index is 2.17. The summed E-state index contributed by atoms with van der Waals surface area (Å²) in [5.74, 6) is 0.320. The molecule has 2 rings (SSSR count). The number of nitrogens with one attached hydrogen (secondary N) is 1. The molecule has 2 aromatic rings. The van der Waals surface area contributed by atoms with E-state index in [1.165, 1.54) is 5.56 Å². The lowest BCUT2D eigenvalue weighted by atomic mass is 9.87. The second-order valence-electron chi connectivity index (χ2n) is 9.29. The van der Waals surface area contributed by atoms with Crippen molar-refractivity contribution in [2.24, 2.45) is 0 Å². The maximum Gasteiger partial charge on any atom is 0.261 e. The van der Waals surface area contributed by atoms with Gasteiger partial charge in [-0.1, -0.05) is 76.6 Å². The Bertz CT molecular complexity index is 885. The van der Waals surface area contributed by atoms with Gasteiger partial charge in [0.2, 0.25) is 5.91 Å². The highest BCUT2D eigenvalue weighted by Crippen LogP contribution is 2.24. The number of carbonyl (C=O) groups is 2.